The van der Waals surface area contributed by atoms with Crippen LogP contribution in [0.5, 0.6) is 5.75 Å². The van der Waals surface area contributed by atoms with Crippen LogP contribution in [-0.2, 0) is 23.2 Å². The zero-order valence-corrected chi connectivity index (χ0v) is 20.0. The number of ether oxygens (including phenoxy) is 1. The van der Waals surface area contributed by atoms with Crippen molar-refractivity contribution in [3.8, 4) is 17.2 Å². The number of halogens is 1. The summed E-state index contributed by atoms with van der Waals surface area (Å²) in [5, 5.41) is 0. The monoisotopic (exact) mass is 427 g/mol. The lowest BCUT2D eigenvalue weighted by molar-refractivity contribution is -0.159. The summed E-state index contributed by atoms with van der Waals surface area (Å²) >= 11 is 0. The van der Waals surface area contributed by atoms with Crippen molar-refractivity contribution in [2.24, 2.45) is 0 Å². The summed E-state index contributed by atoms with van der Waals surface area (Å²) in [6.07, 6.45) is 5.86. The van der Waals surface area contributed by atoms with E-state index in [9.17, 15) is 9.18 Å². The number of alkyl halides is 1. The standard InChI is InChI=1S/C25H34FNO2Si/c1-6-7-8-19-11-18-12-20(29-2)13-22(24-15-25(26,16-24)17-24)21(18)14-27(19)23(28)9-10-30(3,4)5/h12-13,19H,6-8,11,14-17H2,1-5H3/t19-,24?,25?/m0/s1. The zero-order chi connectivity index (χ0) is 21.7. The molecule has 1 aromatic carbocycles. The third kappa shape index (κ3) is 3.80. The second-order valence-electron chi connectivity index (χ2n) is 10.7. The number of nitrogens with zero attached hydrogens (tertiary/aromatic N) is 1. The first-order chi connectivity index (χ1) is 14.1. The molecule has 0 radical (unpaired) electrons. The summed E-state index contributed by atoms with van der Waals surface area (Å²) in [5.41, 5.74) is 5.94. The highest BCUT2D eigenvalue weighted by atomic mass is 28.3. The van der Waals surface area contributed by atoms with E-state index in [1.54, 1.807) is 7.11 Å². The van der Waals surface area contributed by atoms with Crippen LogP contribution in [-0.4, -0.2) is 37.7 Å². The predicted molar refractivity (Wildman–Crippen MR) is 121 cm³/mol. The molecule has 3 aliphatic carbocycles. The average molecular weight is 428 g/mol. The minimum absolute atomic E-state index is 0.0505. The summed E-state index contributed by atoms with van der Waals surface area (Å²) in [6.45, 7) is 9.25. The van der Waals surface area contributed by atoms with Gasteiger partial charge in [0.2, 0.25) is 0 Å². The van der Waals surface area contributed by atoms with Crippen LogP contribution in [0.2, 0.25) is 19.6 Å². The van der Waals surface area contributed by atoms with Crippen LogP contribution < -0.4 is 4.74 Å². The molecule has 5 rings (SSSR count). The molecule has 1 amide bonds. The summed E-state index contributed by atoms with van der Waals surface area (Å²) in [6, 6.07) is 4.39. The summed E-state index contributed by atoms with van der Waals surface area (Å²) in [5.74, 6) is 3.77. The van der Waals surface area contributed by atoms with Crippen molar-refractivity contribution in [3.63, 3.8) is 0 Å². The molecule has 1 atom stereocenters. The average Bonchev–Trinajstić information content (AvgIpc) is 2.65. The molecule has 3 nitrogen and oxygen atoms in total. The Morgan fingerprint density at radius 3 is 2.57 bits per heavy atom. The highest BCUT2D eigenvalue weighted by Crippen LogP contribution is 2.70. The van der Waals surface area contributed by atoms with Crippen LogP contribution in [0.25, 0.3) is 0 Å². The number of methoxy groups -OCH3 is 1. The van der Waals surface area contributed by atoms with Gasteiger partial charge >= 0.3 is 0 Å². The number of unbranched alkanes of at least 4 members (excludes halogenated alkanes) is 1. The number of carbonyl (C=O) groups excluding carboxylic acids is 1. The quantitative estimate of drug-likeness (QED) is 0.480. The molecule has 0 unspecified atom stereocenters. The number of hydrogen-bond donors (Lipinski definition) is 0. The summed E-state index contributed by atoms with van der Waals surface area (Å²) < 4.78 is 19.9. The van der Waals surface area contributed by atoms with E-state index in [4.69, 9.17) is 4.74 Å². The smallest absolute Gasteiger partial charge is 0.298 e. The third-order valence-electron chi connectivity index (χ3n) is 7.01. The first-order valence-corrected chi connectivity index (χ1v) is 14.8. The summed E-state index contributed by atoms with van der Waals surface area (Å²) in [4.78, 5) is 15.1. The van der Waals surface area contributed by atoms with Gasteiger partial charge in [-0.25, -0.2) is 4.39 Å². The minimum Gasteiger partial charge on any atom is -0.497 e. The van der Waals surface area contributed by atoms with E-state index in [1.807, 2.05) is 4.90 Å². The number of fused-ring (bicyclic) bond motifs is 1. The molecule has 2 bridgehead atoms. The molecule has 0 saturated heterocycles. The molecule has 5 heteroatoms. The van der Waals surface area contributed by atoms with Gasteiger partial charge in [0.1, 0.15) is 19.5 Å². The lowest BCUT2D eigenvalue weighted by atomic mass is 9.39. The lowest BCUT2D eigenvalue weighted by Gasteiger charge is -2.67. The van der Waals surface area contributed by atoms with Crippen molar-refractivity contribution in [1.82, 2.24) is 4.90 Å². The topological polar surface area (TPSA) is 29.5 Å². The number of rotatable bonds is 5. The Morgan fingerprint density at radius 2 is 2.00 bits per heavy atom. The SMILES string of the molecule is CCCC[C@H]1Cc2cc(OC)cc(C34CC(F)(C3)C4)c2CN1C(=O)C#C[Si](C)(C)C. The normalized spacial score (nSPS) is 29.1. The highest BCUT2D eigenvalue weighted by molar-refractivity contribution is 6.84. The largest absolute Gasteiger partial charge is 0.497 e. The van der Waals surface area contributed by atoms with E-state index < -0.39 is 13.7 Å². The Hall–Kier alpha value is -1.80. The molecule has 3 fully saturated rings. The van der Waals surface area contributed by atoms with Crippen molar-refractivity contribution in [1.29, 1.82) is 0 Å². The van der Waals surface area contributed by atoms with Gasteiger partial charge in [-0.15, -0.1) is 5.54 Å². The van der Waals surface area contributed by atoms with E-state index in [-0.39, 0.29) is 17.4 Å². The molecule has 1 aromatic rings. The molecular weight excluding hydrogens is 393 g/mol. The number of benzene rings is 1. The molecule has 4 aliphatic rings. The molecule has 3 saturated carbocycles. The minimum atomic E-state index is -1.62. The van der Waals surface area contributed by atoms with Gasteiger partial charge in [-0.3, -0.25) is 4.79 Å². The van der Waals surface area contributed by atoms with Crippen molar-refractivity contribution in [3.05, 3.63) is 28.8 Å². The maximum absolute atomic E-state index is 14.3. The first kappa shape index (κ1) is 21.4. The first-order valence-electron chi connectivity index (χ1n) is 11.3. The van der Waals surface area contributed by atoms with Crippen LogP contribution in [0.3, 0.4) is 0 Å². The van der Waals surface area contributed by atoms with E-state index in [2.05, 4.69) is 50.2 Å². The van der Waals surface area contributed by atoms with E-state index >= 15 is 0 Å². The van der Waals surface area contributed by atoms with Crippen molar-refractivity contribution < 1.29 is 13.9 Å². The van der Waals surface area contributed by atoms with Gasteiger partial charge in [0.05, 0.1) is 7.11 Å². The van der Waals surface area contributed by atoms with Gasteiger partial charge in [0.15, 0.2) is 0 Å². The van der Waals surface area contributed by atoms with Crippen LogP contribution >= 0.6 is 0 Å². The molecule has 0 aromatic heterocycles. The number of amides is 1. The van der Waals surface area contributed by atoms with Crippen LogP contribution in [0.4, 0.5) is 4.39 Å². The van der Waals surface area contributed by atoms with Gasteiger partial charge in [0, 0.05) is 18.0 Å². The molecule has 0 spiro atoms. The molecular formula is C25H34FNO2Si. The molecule has 162 valence electrons. The van der Waals surface area contributed by atoms with Crippen molar-refractivity contribution in [2.45, 2.75) is 95.2 Å². The molecule has 0 N–H and O–H groups in total. The predicted octanol–water partition coefficient (Wildman–Crippen LogP) is 5.16. The fourth-order valence-electron chi connectivity index (χ4n) is 5.52. The summed E-state index contributed by atoms with van der Waals surface area (Å²) in [7, 11) is 0.0765. The maximum Gasteiger partial charge on any atom is 0.298 e. The Morgan fingerprint density at radius 1 is 1.30 bits per heavy atom. The van der Waals surface area contributed by atoms with E-state index in [1.165, 1.54) is 16.7 Å². The van der Waals surface area contributed by atoms with E-state index in [0.717, 1.165) is 31.4 Å². The fourth-order valence-corrected chi connectivity index (χ4v) is 6.01. The Bertz CT molecular complexity index is 904. The molecule has 1 aliphatic heterocycles. The molecule has 30 heavy (non-hydrogen) atoms. The van der Waals surface area contributed by atoms with Gasteiger partial charge < -0.3 is 9.64 Å². The van der Waals surface area contributed by atoms with E-state index in [0.29, 0.717) is 25.8 Å². The Balaban J connectivity index is 1.70. The zero-order valence-electron chi connectivity index (χ0n) is 19.0. The van der Waals surface area contributed by atoms with Crippen LogP contribution in [0.1, 0.15) is 62.1 Å². The third-order valence-corrected chi connectivity index (χ3v) is 7.88. The van der Waals surface area contributed by atoms with Gasteiger partial charge in [-0.1, -0.05) is 39.4 Å². The van der Waals surface area contributed by atoms with Gasteiger partial charge in [-0.05, 0) is 66.8 Å². The Kier molecular flexibility index (Phi) is 5.29. The van der Waals surface area contributed by atoms with Crippen LogP contribution in [0, 0.1) is 11.5 Å². The van der Waals surface area contributed by atoms with Gasteiger partial charge in [-0.2, -0.15) is 0 Å². The van der Waals surface area contributed by atoms with Crippen molar-refractivity contribution >= 4 is 14.0 Å². The highest BCUT2D eigenvalue weighted by Gasteiger charge is 2.70. The molecule has 1 heterocycles. The second kappa shape index (κ2) is 7.41. The Labute approximate surface area is 181 Å². The lowest BCUT2D eigenvalue weighted by Crippen LogP contribution is -2.67. The fraction of sp³-hybridized carbons (Fsp3) is 0.640. The number of carbonyl (C=O) groups is 1. The second-order valence-corrected chi connectivity index (χ2v) is 15.5. The number of hydrogen-bond acceptors (Lipinski definition) is 2. The van der Waals surface area contributed by atoms with Gasteiger partial charge in [0.25, 0.3) is 5.91 Å². The van der Waals surface area contributed by atoms with Crippen molar-refractivity contribution in [2.75, 3.05) is 7.11 Å². The maximum atomic E-state index is 14.3. The van der Waals surface area contributed by atoms with Crippen LogP contribution in [0.15, 0.2) is 12.1 Å².